The molecule has 2 saturated heterocycles. The molecule has 2 aliphatic heterocycles. The number of rotatable bonds is 5. The molecule has 2 heterocycles. The largest absolute Gasteiger partial charge is 0.342 e. The summed E-state index contributed by atoms with van der Waals surface area (Å²) in [6.07, 6.45) is 3.43. The summed E-state index contributed by atoms with van der Waals surface area (Å²) in [5, 5.41) is 2.70. The van der Waals surface area contributed by atoms with Gasteiger partial charge in [-0.15, -0.1) is 0 Å². The van der Waals surface area contributed by atoms with Crippen LogP contribution >= 0.6 is 0 Å². The molecule has 7 heteroatoms. The van der Waals surface area contributed by atoms with Gasteiger partial charge in [-0.2, -0.15) is 0 Å². The Balaban J connectivity index is 1.59. The smallest absolute Gasteiger partial charge is 0.254 e. The lowest BCUT2D eigenvalue weighted by Crippen LogP contribution is -2.53. The summed E-state index contributed by atoms with van der Waals surface area (Å²) in [6.45, 7) is 6.40. The molecular formula is C22H30FN3O3. The van der Waals surface area contributed by atoms with Gasteiger partial charge in [-0.05, 0) is 43.7 Å². The van der Waals surface area contributed by atoms with Crippen molar-refractivity contribution in [3.05, 3.63) is 35.6 Å². The van der Waals surface area contributed by atoms with Crippen LogP contribution in [0.1, 0.15) is 49.9 Å². The number of nitrogens with zero attached hydrogens (tertiary/aromatic N) is 2. The molecule has 1 aromatic carbocycles. The molecule has 2 aliphatic rings. The average Bonchev–Trinajstić information content (AvgIpc) is 3.26. The molecule has 6 nitrogen and oxygen atoms in total. The number of halogens is 1. The van der Waals surface area contributed by atoms with E-state index in [4.69, 9.17) is 0 Å². The van der Waals surface area contributed by atoms with Gasteiger partial charge in [0.05, 0.1) is 5.56 Å². The molecule has 1 N–H and O–H groups in total. The van der Waals surface area contributed by atoms with Gasteiger partial charge in [0.25, 0.3) is 5.91 Å². The Morgan fingerprint density at radius 1 is 1.00 bits per heavy atom. The zero-order chi connectivity index (χ0) is 21.0. The number of carbonyl (C=O) groups is 3. The van der Waals surface area contributed by atoms with Crippen LogP contribution in [0.5, 0.6) is 0 Å². The highest BCUT2D eigenvalue weighted by Crippen LogP contribution is 2.23. The van der Waals surface area contributed by atoms with Crippen molar-refractivity contribution >= 4 is 17.7 Å². The molecule has 158 valence electrons. The molecule has 3 rings (SSSR count). The normalized spacial score (nSPS) is 18.8. The summed E-state index contributed by atoms with van der Waals surface area (Å²) in [7, 11) is 0. The van der Waals surface area contributed by atoms with E-state index in [0.29, 0.717) is 25.9 Å². The Hall–Kier alpha value is -2.44. The maximum atomic E-state index is 13.9. The fourth-order valence-electron chi connectivity index (χ4n) is 4.12. The highest BCUT2D eigenvalue weighted by Gasteiger charge is 2.35. The minimum absolute atomic E-state index is 0.0253. The molecule has 1 aromatic rings. The topological polar surface area (TPSA) is 69.7 Å². The number of piperidine rings is 1. The van der Waals surface area contributed by atoms with Gasteiger partial charge >= 0.3 is 0 Å². The van der Waals surface area contributed by atoms with Gasteiger partial charge in [0, 0.05) is 32.1 Å². The minimum Gasteiger partial charge on any atom is -0.342 e. The second kappa shape index (κ2) is 9.37. The van der Waals surface area contributed by atoms with Crippen LogP contribution in [0.15, 0.2) is 24.3 Å². The van der Waals surface area contributed by atoms with Crippen molar-refractivity contribution < 1.29 is 18.8 Å². The summed E-state index contributed by atoms with van der Waals surface area (Å²) < 4.78 is 13.9. The Kier molecular flexibility index (Phi) is 6.87. The van der Waals surface area contributed by atoms with Crippen LogP contribution in [0.2, 0.25) is 0 Å². The lowest BCUT2D eigenvalue weighted by molar-refractivity contribution is -0.141. The van der Waals surface area contributed by atoms with E-state index in [1.165, 1.54) is 18.2 Å². The van der Waals surface area contributed by atoms with Gasteiger partial charge < -0.3 is 15.1 Å². The van der Waals surface area contributed by atoms with Gasteiger partial charge in [0.1, 0.15) is 11.9 Å². The average molecular weight is 403 g/mol. The van der Waals surface area contributed by atoms with E-state index in [2.05, 4.69) is 5.32 Å². The van der Waals surface area contributed by atoms with Crippen molar-refractivity contribution in [2.75, 3.05) is 26.2 Å². The van der Waals surface area contributed by atoms with E-state index in [-0.39, 0.29) is 29.2 Å². The van der Waals surface area contributed by atoms with Crippen molar-refractivity contribution in [2.45, 2.75) is 45.6 Å². The summed E-state index contributed by atoms with van der Waals surface area (Å²) in [5.41, 5.74) is -0.0686. The molecule has 1 atom stereocenters. The minimum atomic E-state index is -0.729. The Morgan fingerprint density at radius 2 is 1.62 bits per heavy atom. The maximum Gasteiger partial charge on any atom is 0.254 e. The first-order chi connectivity index (χ1) is 13.9. The fourth-order valence-corrected chi connectivity index (χ4v) is 4.12. The van der Waals surface area contributed by atoms with Crippen molar-refractivity contribution in [1.29, 1.82) is 0 Å². The fraction of sp³-hybridized carbons (Fsp3) is 0.591. The van der Waals surface area contributed by atoms with Crippen LogP contribution < -0.4 is 5.32 Å². The predicted octanol–water partition coefficient (Wildman–Crippen LogP) is 2.44. The molecule has 0 radical (unpaired) electrons. The van der Waals surface area contributed by atoms with Crippen LogP contribution in [-0.2, 0) is 9.59 Å². The molecule has 3 amide bonds. The summed E-state index contributed by atoms with van der Waals surface area (Å²) in [4.78, 5) is 41.8. The summed E-state index contributed by atoms with van der Waals surface area (Å²) >= 11 is 0. The van der Waals surface area contributed by atoms with Crippen LogP contribution in [0.4, 0.5) is 4.39 Å². The Bertz CT molecular complexity index is 753. The van der Waals surface area contributed by atoms with Gasteiger partial charge in [0.2, 0.25) is 11.8 Å². The first-order valence-corrected chi connectivity index (χ1v) is 10.5. The lowest BCUT2D eigenvalue weighted by Gasteiger charge is -2.36. The van der Waals surface area contributed by atoms with Crippen molar-refractivity contribution in [3.63, 3.8) is 0 Å². The molecule has 0 aromatic heterocycles. The number of hydrogen-bond acceptors (Lipinski definition) is 3. The SMILES string of the molecule is CC(C)C(NC(=O)c1ccccc1F)C(=O)N1CCC(C(=O)N2CCCC2)CC1. The second-order valence-electron chi connectivity index (χ2n) is 8.31. The first-order valence-electron chi connectivity index (χ1n) is 10.5. The van der Waals surface area contributed by atoms with E-state index in [0.717, 1.165) is 25.9 Å². The quantitative estimate of drug-likeness (QED) is 0.821. The van der Waals surface area contributed by atoms with E-state index in [1.807, 2.05) is 18.7 Å². The third kappa shape index (κ3) is 4.95. The van der Waals surface area contributed by atoms with Crippen molar-refractivity contribution in [2.24, 2.45) is 11.8 Å². The monoisotopic (exact) mass is 403 g/mol. The van der Waals surface area contributed by atoms with E-state index < -0.39 is 17.8 Å². The molecule has 0 saturated carbocycles. The number of amides is 3. The zero-order valence-corrected chi connectivity index (χ0v) is 17.2. The van der Waals surface area contributed by atoms with Gasteiger partial charge in [-0.25, -0.2) is 4.39 Å². The first kappa shape index (κ1) is 21.3. The van der Waals surface area contributed by atoms with Gasteiger partial charge in [-0.3, -0.25) is 14.4 Å². The summed E-state index contributed by atoms with van der Waals surface area (Å²) in [5.74, 6) is -1.32. The lowest BCUT2D eigenvalue weighted by atomic mass is 9.93. The molecule has 29 heavy (non-hydrogen) atoms. The van der Waals surface area contributed by atoms with Crippen LogP contribution in [0.3, 0.4) is 0 Å². The van der Waals surface area contributed by atoms with Crippen LogP contribution in [-0.4, -0.2) is 59.7 Å². The van der Waals surface area contributed by atoms with Crippen molar-refractivity contribution in [1.82, 2.24) is 15.1 Å². The molecule has 0 bridgehead atoms. The predicted molar refractivity (Wildman–Crippen MR) is 108 cm³/mol. The molecule has 2 fully saturated rings. The maximum absolute atomic E-state index is 13.9. The van der Waals surface area contributed by atoms with Gasteiger partial charge in [0.15, 0.2) is 0 Å². The number of likely N-dealkylation sites (tertiary alicyclic amines) is 2. The molecule has 0 spiro atoms. The zero-order valence-electron chi connectivity index (χ0n) is 17.2. The standard InChI is InChI=1S/C22H30FN3O3/c1-15(2)19(24-20(27)17-7-3-4-8-18(17)23)22(29)26-13-9-16(10-14-26)21(28)25-11-5-6-12-25/h3-4,7-8,15-16,19H,5-6,9-14H2,1-2H3,(H,24,27). The molecule has 1 unspecified atom stereocenters. The second-order valence-corrected chi connectivity index (χ2v) is 8.31. The third-order valence-electron chi connectivity index (χ3n) is 5.91. The Morgan fingerprint density at radius 3 is 2.21 bits per heavy atom. The van der Waals surface area contributed by atoms with Crippen LogP contribution in [0.25, 0.3) is 0 Å². The van der Waals surface area contributed by atoms with E-state index in [1.54, 1.807) is 11.0 Å². The highest BCUT2D eigenvalue weighted by atomic mass is 19.1. The third-order valence-corrected chi connectivity index (χ3v) is 5.91. The molecular weight excluding hydrogens is 373 g/mol. The van der Waals surface area contributed by atoms with E-state index in [9.17, 15) is 18.8 Å². The Labute approximate surface area is 171 Å². The van der Waals surface area contributed by atoms with Gasteiger partial charge in [-0.1, -0.05) is 26.0 Å². The number of carbonyl (C=O) groups excluding carboxylic acids is 3. The van der Waals surface area contributed by atoms with E-state index >= 15 is 0 Å². The molecule has 0 aliphatic carbocycles. The number of hydrogen-bond donors (Lipinski definition) is 1. The highest BCUT2D eigenvalue weighted by molar-refractivity contribution is 5.97. The number of nitrogens with one attached hydrogen (secondary N) is 1. The summed E-state index contributed by atoms with van der Waals surface area (Å²) in [6, 6.07) is 5.01. The number of benzene rings is 1. The van der Waals surface area contributed by atoms with Crippen molar-refractivity contribution in [3.8, 4) is 0 Å². The van der Waals surface area contributed by atoms with Crippen LogP contribution in [0, 0.1) is 17.7 Å².